The Labute approximate surface area is 180 Å². The Balaban J connectivity index is 1.27. The minimum atomic E-state index is -0.484. The average Bonchev–Trinajstić information content (AvgIpc) is 3.38. The van der Waals surface area contributed by atoms with Gasteiger partial charge in [0.2, 0.25) is 5.91 Å². The minimum Gasteiger partial charge on any atom is -0.387 e. The standard InChI is InChI=1S/C23H26N4O2S/c24-23-27-19(14-30-23)13-21(28)26-17-8-6-15(7-9-17)12-18-10-11-20(25-18)22(29)16-4-2-1-3-5-16/h1-9,14,18,20,22,25,29H,10-13H2,(H2,24,27)(H,26,28)/t18-,20-,22-/m1/s1. The number of carbonyl (C=O) groups excluding carboxylic acids is 1. The van der Waals surface area contributed by atoms with Crippen molar-refractivity contribution in [1.29, 1.82) is 0 Å². The SMILES string of the molecule is Nc1nc(CC(=O)Nc2ccc(C[C@H]3CC[C@H]([C@H](O)c4ccccc4)N3)cc2)cs1. The van der Waals surface area contributed by atoms with Gasteiger partial charge in [-0.25, -0.2) is 4.98 Å². The van der Waals surface area contributed by atoms with Crippen molar-refractivity contribution in [2.45, 2.75) is 43.9 Å². The summed E-state index contributed by atoms with van der Waals surface area (Å²) in [6, 6.07) is 18.2. The van der Waals surface area contributed by atoms with E-state index in [1.165, 1.54) is 16.9 Å². The summed E-state index contributed by atoms with van der Waals surface area (Å²) in [5.41, 5.74) is 9.21. The van der Waals surface area contributed by atoms with Gasteiger partial charge in [-0.1, -0.05) is 42.5 Å². The van der Waals surface area contributed by atoms with Gasteiger partial charge in [-0.2, -0.15) is 0 Å². The predicted octanol–water partition coefficient (Wildman–Crippen LogP) is 3.30. The molecule has 2 aromatic carbocycles. The van der Waals surface area contributed by atoms with Crippen molar-refractivity contribution in [2.75, 3.05) is 11.1 Å². The average molecular weight is 423 g/mol. The van der Waals surface area contributed by atoms with Gasteiger partial charge in [0.25, 0.3) is 0 Å². The first kappa shape index (κ1) is 20.5. The zero-order valence-electron chi connectivity index (χ0n) is 16.6. The van der Waals surface area contributed by atoms with Crippen LogP contribution < -0.4 is 16.4 Å². The van der Waals surface area contributed by atoms with Crippen LogP contribution in [0.1, 0.15) is 35.8 Å². The lowest BCUT2D eigenvalue weighted by Gasteiger charge is -2.20. The molecule has 2 heterocycles. The Morgan fingerprint density at radius 2 is 1.97 bits per heavy atom. The minimum absolute atomic E-state index is 0.0794. The first-order chi connectivity index (χ1) is 14.6. The summed E-state index contributed by atoms with van der Waals surface area (Å²) in [6.07, 6.45) is 2.61. The van der Waals surface area contributed by atoms with Crippen LogP contribution in [0.15, 0.2) is 60.0 Å². The van der Waals surface area contributed by atoms with E-state index in [1.807, 2.05) is 54.6 Å². The molecule has 5 N–H and O–H groups in total. The van der Waals surface area contributed by atoms with Gasteiger partial charge in [-0.05, 0) is 42.5 Å². The molecule has 156 valence electrons. The summed E-state index contributed by atoms with van der Waals surface area (Å²) in [5.74, 6) is -0.108. The number of aliphatic hydroxyl groups excluding tert-OH is 1. The Morgan fingerprint density at radius 3 is 2.67 bits per heavy atom. The van der Waals surface area contributed by atoms with E-state index in [2.05, 4.69) is 15.6 Å². The second kappa shape index (κ2) is 9.38. The van der Waals surface area contributed by atoms with Crippen LogP contribution in [0, 0.1) is 0 Å². The number of nitrogen functional groups attached to an aromatic ring is 1. The number of nitrogens with zero attached hydrogens (tertiary/aromatic N) is 1. The number of hydrogen-bond acceptors (Lipinski definition) is 6. The first-order valence-corrected chi connectivity index (χ1v) is 11.0. The van der Waals surface area contributed by atoms with E-state index in [4.69, 9.17) is 5.73 Å². The molecule has 0 spiro atoms. The van der Waals surface area contributed by atoms with Crippen molar-refractivity contribution in [3.8, 4) is 0 Å². The molecule has 6 nitrogen and oxygen atoms in total. The van der Waals surface area contributed by atoms with Crippen LogP contribution in [-0.4, -0.2) is 28.1 Å². The van der Waals surface area contributed by atoms with E-state index in [1.54, 1.807) is 5.38 Å². The third kappa shape index (κ3) is 5.24. The molecule has 1 aliphatic heterocycles. The van der Waals surface area contributed by atoms with Crippen LogP contribution >= 0.6 is 11.3 Å². The number of nitrogens with one attached hydrogen (secondary N) is 2. The molecule has 1 aromatic heterocycles. The van der Waals surface area contributed by atoms with Gasteiger partial charge in [0.1, 0.15) is 0 Å². The Hall–Kier alpha value is -2.74. The zero-order valence-corrected chi connectivity index (χ0v) is 17.4. The predicted molar refractivity (Wildman–Crippen MR) is 120 cm³/mol. The van der Waals surface area contributed by atoms with Gasteiger partial charge in [-0.3, -0.25) is 4.79 Å². The largest absolute Gasteiger partial charge is 0.387 e. The van der Waals surface area contributed by atoms with E-state index in [0.717, 1.165) is 30.5 Å². The van der Waals surface area contributed by atoms with Crippen LogP contribution in [0.2, 0.25) is 0 Å². The molecule has 0 radical (unpaired) electrons. The van der Waals surface area contributed by atoms with Crippen LogP contribution in [-0.2, 0) is 17.6 Å². The molecule has 7 heteroatoms. The topological polar surface area (TPSA) is 100 Å². The van der Waals surface area contributed by atoms with E-state index in [0.29, 0.717) is 16.9 Å². The Kier molecular flexibility index (Phi) is 6.42. The van der Waals surface area contributed by atoms with Crippen molar-refractivity contribution in [1.82, 2.24) is 10.3 Å². The van der Waals surface area contributed by atoms with E-state index >= 15 is 0 Å². The smallest absolute Gasteiger partial charge is 0.230 e. The maximum atomic E-state index is 12.2. The van der Waals surface area contributed by atoms with Crippen LogP contribution in [0.25, 0.3) is 0 Å². The summed E-state index contributed by atoms with van der Waals surface area (Å²) in [5, 5.41) is 19.4. The fourth-order valence-electron chi connectivity index (χ4n) is 3.92. The number of aliphatic hydroxyl groups is 1. The lowest BCUT2D eigenvalue weighted by Crippen LogP contribution is -2.35. The van der Waals surface area contributed by atoms with E-state index in [9.17, 15) is 9.90 Å². The number of rotatable bonds is 7. The number of thiazole rings is 1. The fourth-order valence-corrected chi connectivity index (χ4v) is 4.49. The molecular formula is C23H26N4O2S. The van der Waals surface area contributed by atoms with Gasteiger partial charge < -0.3 is 21.5 Å². The highest BCUT2D eigenvalue weighted by Gasteiger charge is 2.29. The normalized spacial score (nSPS) is 19.5. The lowest BCUT2D eigenvalue weighted by molar-refractivity contribution is -0.115. The summed E-state index contributed by atoms with van der Waals surface area (Å²) in [6.45, 7) is 0. The number of carbonyl (C=O) groups is 1. The summed E-state index contributed by atoms with van der Waals surface area (Å²) in [7, 11) is 0. The lowest BCUT2D eigenvalue weighted by atomic mass is 10.0. The van der Waals surface area contributed by atoms with Gasteiger partial charge in [0.05, 0.1) is 18.2 Å². The van der Waals surface area contributed by atoms with Crippen molar-refractivity contribution < 1.29 is 9.90 Å². The van der Waals surface area contributed by atoms with Gasteiger partial charge in [-0.15, -0.1) is 11.3 Å². The van der Waals surface area contributed by atoms with Crippen molar-refractivity contribution in [3.63, 3.8) is 0 Å². The monoisotopic (exact) mass is 422 g/mol. The number of amides is 1. The second-order valence-electron chi connectivity index (χ2n) is 7.71. The molecule has 30 heavy (non-hydrogen) atoms. The van der Waals surface area contributed by atoms with Gasteiger partial charge >= 0.3 is 0 Å². The van der Waals surface area contributed by atoms with E-state index < -0.39 is 6.10 Å². The molecule has 0 bridgehead atoms. The number of nitrogens with two attached hydrogens (primary N) is 1. The third-order valence-electron chi connectivity index (χ3n) is 5.43. The highest BCUT2D eigenvalue weighted by Crippen LogP contribution is 2.27. The number of hydrogen-bond donors (Lipinski definition) is 4. The molecule has 0 saturated carbocycles. The van der Waals surface area contributed by atoms with Gasteiger partial charge in [0, 0.05) is 23.2 Å². The van der Waals surface area contributed by atoms with Crippen LogP contribution in [0.4, 0.5) is 10.8 Å². The fraction of sp³-hybridized carbons (Fsp3) is 0.304. The third-order valence-corrected chi connectivity index (χ3v) is 6.15. The second-order valence-corrected chi connectivity index (χ2v) is 8.60. The molecular weight excluding hydrogens is 396 g/mol. The van der Waals surface area contributed by atoms with E-state index in [-0.39, 0.29) is 18.4 Å². The molecule has 1 saturated heterocycles. The molecule has 3 atom stereocenters. The van der Waals surface area contributed by atoms with Crippen molar-refractivity contribution in [2.24, 2.45) is 0 Å². The summed E-state index contributed by atoms with van der Waals surface area (Å²) >= 11 is 1.34. The Morgan fingerprint density at radius 1 is 1.20 bits per heavy atom. The molecule has 1 fully saturated rings. The number of benzene rings is 2. The van der Waals surface area contributed by atoms with Crippen LogP contribution in [0.3, 0.4) is 0 Å². The molecule has 4 rings (SSSR count). The summed E-state index contributed by atoms with van der Waals surface area (Å²) in [4.78, 5) is 16.3. The summed E-state index contributed by atoms with van der Waals surface area (Å²) < 4.78 is 0. The quantitative estimate of drug-likeness (QED) is 0.468. The highest BCUT2D eigenvalue weighted by molar-refractivity contribution is 7.13. The first-order valence-electron chi connectivity index (χ1n) is 10.1. The molecule has 0 unspecified atom stereocenters. The number of aromatic nitrogens is 1. The van der Waals surface area contributed by atoms with Crippen molar-refractivity contribution in [3.05, 3.63) is 76.8 Å². The maximum Gasteiger partial charge on any atom is 0.230 e. The molecule has 1 amide bonds. The Bertz CT molecular complexity index is 974. The van der Waals surface area contributed by atoms with Crippen molar-refractivity contribution >= 4 is 28.1 Å². The molecule has 0 aliphatic carbocycles. The molecule has 1 aliphatic rings. The maximum absolute atomic E-state index is 12.2. The highest BCUT2D eigenvalue weighted by atomic mass is 32.1. The van der Waals surface area contributed by atoms with Gasteiger partial charge in [0.15, 0.2) is 5.13 Å². The molecule has 3 aromatic rings. The van der Waals surface area contributed by atoms with Crippen LogP contribution in [0.5, 0.6) is 0 Å². The zero-order chi connectivity index (χ0) is 20.9. The number of anilines is 2.